The number of amides is 3. The number of rotatable bonds is 6. The van der Waals surface area contributed by atoms with Crippen LogP contribution in [-0.4, -0.2) is 43.1 Å². The predicted octanol–water partition coefficient (Wildman–Crippen LogP) is 3.32. The van der Waals surface area contributed by atoms with Crippen LogP contribution in [0, 0.1) is 0 Å². The van der Waals surface area contributed by atoms with E-state index in [9.17, 15) is 9.59 Å². The Labute approximate surface area is 157 Å². The Kier molecular flexibility index (Phi) is 6.25. The average molecular weight is 373 g/mol. The molecule has 1 saturated heterocycles. The summed E-state index contributed by atoms with van der Waals surface area (Å²) in [6.07, 6.45) is 2.09. The molecule has 1 fully saturated rings. The van der Waals surface area contributed by atoms with E-state index in [1.54, 1.807) is 47.5 Å². The van der Waals surface area contributed by atoms with Crippen LogP contribution in [0.15, 0.2) is 41.1 Å². The van der Waals surface area contributed by atoms with E-state index < -0.39 is 0 Å². The van der Waals surface area contributed by atoms with Crippen molar-refractivity contribution < 1.29 is 14.3 Å². The molecule has 0 bridgehead atoms. The van der Waals surface area contributed by atoms with E-state index in [1.807, 2.05) is 16.8 Å². The van der Waals surface area contributed by atoms with Crippen LogP contribution in [0.2, 0.25) is 0 Å². The van der Waals surface area contributed by atoms with Crippen molar-refractivity contribution in [2.24, 2.45) is 0 Å². The zero-order valence-electron chi connectivity index (χ0n) is 14.7. The summed E-state index contributed by atoms with van der Waals surface area (Å²) in [7, 11) is 1.58. The van der Waals surface area contributed by atoms with Gasteiger partial charge in [-0.25, -0.2) is 4.79 Å². The smallest absolute Gasteiger partial charge is 0.322 e. The number of nitrogens with one attached hydrogen (secondary N) is 2. The van der Waals surface area contributed by atoms with Crippen molar-refractivity contribution in [2.45, 2.75) is 25.5 Å². The molecule has 1 atom stereocenters. The maximum atomic E-state index is 12.8. The second-order valence-corrected chi connectivity index (χ2v) is 7.02. The van der Waals surface area contributed by atoms with Gasteiger partial charge in [0.25, 0.3) is 5.91 Å². The Morgan fingerprint density at radius 3 is 2.92 bits per heavy atom. The van der Waals surface area contributed by atoms with Crippen LogP contribution in [0.25, 0.3) is 0 Å². The van der Waals surface area contributed by atoms with Gasteiger partial charge in [0, 0.05) is 38.0 Å². The van der Waals surface area contributed by atoms with Crippen LogP contribution >= 0.6 is 11.3 Å². The molecule has 1 aromatic heterocycles. The number of benzene rings is 1. The van der Waals surface area contributed by atoms with Crippen molar-refractivity contribution in [3.8, 4) is 0 Å². The summed E-state index contributed by atoms with van der Waals surface area (Å²) in [4.78, 5) is 26.4. The standard InChI is InChI=1S/C19H23N3O3S/c1-20-18(23)15-4-2-5-16(10-15)21-19(24)22(11-14-7-9-26-13-14)12-17-6-3-8-25-17/h2,4-5,7,9-10,13,17H,3,6,8,11-12H2,1H3,(H,20,23)(H,21,24). The Hall–Kier alpha value is -2.38. The Balaban J connectivity index is 1.70. The van der Waals surface area contributed by atoms with E-state index in [-0.39, 0.29) is 18.0 Å². The van der Waals surface area contributed by atoms with Gasteiger partial charge in [-0.1, -0.05) is 6.07 Å². The molecular weight excluding hydrogens is 350 g/mol. The van der Waals surface area contributed by atoms with Gasteiger partial charge in [-0.3, -0.25) is 4.79 Å². The van der Waals surface area contributed by atoms with E-state index in [2.05, 4.69) is 10.6 Å². The zero-order chi connectivity index (χ0) is 18.4. The Bertz CT molecular complexity index is 742. The second-order valence-electron chi connectivity index (χ2n) is 6.24. The molecule has 0 radical (unpaired) electrons. The van der Waals surface area contributed by atoms with Crippen LogP contribution in [0.1, 0.15) is 28.8 Å². The van der Waals surface area contributed by atoms with Crippen molar-refractivity contribution >= 4 is 29.0 Å². The number of nitrogens with zero attached hydrogens (tertiary/aromatic N) is 1. The molecule has 1 aliphatic rings. The SMILES string of the molecule is CNC(=O)c1cccc(NC(=O)N(Cc2ccsc2)CC2CCCO2)c1. The topological polar surface area (TPSA) is 70.7 Å². The second kappa shape index (κ2) is 8.82. The summed E-state index contributed by atoms with van der Waals surface area (Å²) in [5.41, 5.74) is 2.20. The molecule has 0 spiro atoms. The van der Waals surface area contributed by atoms with Gasteiger partial charge in [-0.05, 0) is 53.4 Å². The van der Waals surface area contributed by atoms with E-state index >= 15 is 0 Å². The third-order valence-electron chi connectivity index (χ3n) is 4.29. The van der Waals surface area contributed by atoms with Crippen LogP contribution in [-0.2, 0) is 11.3 Å². The lowest BCUT2D eigenvalue weighted by molar-refractivity contribution is 0.0819. The summed E-state index contributed by atoms with van der Waals surface area (Å²) in [5, 5.41) is 9.54. The monoisotopic (exact) mass is 373 g/mol. The number of carbonyl (C=O) groups is 2. The molecule has 7 heteroatoms. The molecule has 0 saturated carbocycles. The number of anilines is 1. The number of hydrogen-bond donors (Lipinski definition) is 2. The summed E-state index contributed by atoms with van der Waals surface area (Å²) in [5.74, 6) is -0.185. The summed E-state index contributed by atoms with van der Waals surface area (Å²) < 4.78 is 5.70. The molecule has 26 heavy (non-hydrogen) atoms. The number of hydrogen-bond acceptors (Lipinski definition) is 4. The highest BCUT2D eigenvalue weighted by molar-refractivity contribution is 7.07. The summed E-state index contributed by atoms with van der Waals surface area (Å²) >= 11 is 1.61. The first kappa shape index (κ1) is 18.4. The molecule has 2 N–H and O–H groups in total. The van der Waals surface area contributed by atoms with Crippen molar-refractivity contribution in [1.29, 1.82) is 0 Å². The fraction of sp³-hybridized carbons (Fsp3) is 0.368. The lowest BCUT2D eigenvalue weighted by Crippen LogP contribution is -2.39. The van der Waals surface area contributed by atoms with Gasteiger partial charge >= 0.3 is 6.03 Å². The van der Waals surface area contributed by atoms with Crippen LogP contribution in [0.5, 0.6) is 0 Å². The normalized spacial score (nSPS) is 16.3. The first-order chi connectivity index (χ1) is 12.7. The Morgan fingerprint density at radius 1 is 1.35 bits per heavy atom. The minimum Gasteiger partial charge on any atom is -0.376 e. The largest absolute Gasteiger partial charge is 0.376 e. The third-order valence-corrected chi connectivity index (χ3v) is 5.02. The highest BCUT2D eigenvalue weighted by Gasteiger charge is 2.23. The summed E-state index contributed by atoms with van der Waals surface area (Å²) in [6.45, 7) is 1.84. The fourth-order valence-corrected chi connectivity index (χ4v) is 3.60. The van der Waals surface area contributed by atoms with E-state index in [4.69, 9.17) is 4.74 Å². The molecule has 138 valence electrons. The summed E-state index contributed by atoms with van der Waals surface area (Å²) in [6, 6.07) is 8.74. The molecule has 2 aromatic rings. The predicted molar refractivity (Wildman–Crippen MR) is 103 cm³/mol. The third kappa shape index (κ3) is 4.83. The van der Waals surface area contributed by atoms with Gasteiger partial charge in [0.1, 0.15) is 0 Å². The average Bonchev–Trinajstić information content (AvgIpc) is 3.34. The molecular formula is C19H23N3O3S. The number of ether oxygens (including phenoxy) is 1. The maximum Gasteiger partial charge on any atom is 0.322 e. The minimum absolute atomic E-state index is 0.0802. The zero-order valence-corrected chi connectivity index (χ0v) is 15.6. The molecule has 1 aromatic carbocycles. The Morgan fingerprint density at radius 2 is 2.23 bits per heavy atom. The molecule has 3 rings (SSSR count). The van der Waals surface area contributed by atoms with Gasteiger partial charge in [0.05, 0.1) is 6.10 Å². The molecule has 1 aliphatic heterocycles. The van der Waals surface area contributed by atoms with Crippen molar-refractivity contribution in [1.82, 2.24) is 10.2 Å². The van der Waals surface area contributed by atoms with Gasteiger partial charge in [-0.15, -0.1) is 0 Å². The van der Waals surface area contributed by atoms with Crippen LogP contribution in [0.3, 0.4) is 0 Å². The van der Waals surface area contributed by atoms with Gasteiger partial charge in [0.2, 0.25) is 0 Å². The van der Waals surface area contributed by atoms with Crippen molar-refractivity contribution in [2.75, 3.05) is 25.5 Å². The highest BCUT2D eigenvalue weighted by atomic mass is 32.1. The fourth-order valence-electron chi connectivity index (χ4n) is 2.94. The number of carbonyl (C=O) groups excluding carboxylic acids is 2. The highest BCUT2D eigenvalue weighted by Crippen LogP contribution is 2.18. The van der Waals surface area contributed by atoms with Crippen LogP contribution in [0.4, 0.5) is 10.5 Å². The number of thiophene rings is 1. The van der Waals surface area contributed by atoms with Crippen molar-refractivity contribution in [3.63, 3.8) is 0 Å². The lowest BCUT2D eigenvalue weighted by atomic mass is 10.2. The lowest BCUT2D eigenvalue weighted by Gasteiger charge is -2.25. The first-order valence-corrected chi connectivity index (χ1v) is 9.61. The minimum atomic E-state index is -0.194. The van der Waals surface area contributed by atoms with E-state index in [0.717, 1.165) is 25.0 Å². The molecule has 3 amide bonds. The first-order valence-electron chi connectivity index (χ1n) is 8.66. The molecule has 6 nitrogen and oxygen atoms in total. The van der Waals surface area contributed by atoms with E-state index in [0.29, 0.717) is 24.3 Å². The molecule has 2 heterocycles. The molecule has 0 aliphatic carbocycles. The van der Waals surface area contributed by atoms with Gasteiger partial charge < -0.3 is 20.3 Å². The van der Waals surface area contributed by atoms with Crippen LogP contribution < -0.4 is 10.6 Å². The molecule has 1 unspecified atom stereocenters. The number of urea groups is 1. The maximum absolute atomic E-state index is 12.8. The van der Waals surface area contributed by atoms with E-state index in [1.165, 1.54) is 0 Å². The quantitative estimate of drug-likeness (QED) is 0.816. The van der Waals surface area contributed by atoms with Crippen molar-refractivity contribution in [3.05, 3.63) is 52.2 Å². The van der Waals surface area contributed by atoms with Gasteiger partial charge in [0.15, 0.2) is 0 Å². The van der Waals surface area contributed by atoms with Gasteiger partial charge in [-0.2, -0.15) is 11.3 Å².